The Morgan fingerprint density at radius 2 is 1.92 bits per heavy atom. The molecule has 0 spiro atoms. The maximum Gasteiger partial charge on any atom is 0.323 e. The van der Waals surface area contributed by atoms with Crippen LogP contribution in [0.15, 0.2) is 48.7 Å². The van der Waals surface area contributed by atoms with Gasteiger partial charge in [-0.1, -0.05) is 0 Å². The van der Waals surface area contributed by atoms with Gasteiger partial charge in [0.2, 0.25) is 0 Å². The first-order chi connectivity index (χ1) is 11.5. The molecule has 0 radical (unpaired) electrons. The number of nitrogens with zero attached hydrogens (tertiary/aromatic N) is 3. The third-order valence-electron chi connectivity index (χ3n) is 3.36. The van der Waals surface area contributed by atoms with Crippen LogP contribution in [0.2, 0.25) is 0 Å². The number of aryl methyl sites for hydroxylation is 1. The van der Waals surface area contributed by atoms with E-state index in [4.69, 9.17) is 0 Å². The minimum atomic E-state index is -0.498. The smallest absolute Gasteiger partial charge is 0.308 e. The molecule has 0 atom stereocenters. The maximum atomic E-state index is 12.1. The van der Waals surface area contributed by atoms with E-state index in [-0.39, 0.29) is 5.69 Å². The van der Waals surface area contributed by atoms with Crippen molar-refractivity contribution < 1.29 is 9.72 Å². The Balaban J connectivity index is 1.74. The zero-order valence-electron chi connectivity index (χ0n) is 12.7. The lowest BCUT2D eigenvalue weighted by Gasteiger charge is -2.10. The lowest BCUT2D eigenvalue weighted by atomic mass is 10.2. The van der Waals surface area contributed by atoms with Gasteiger partial charge in [0, 0.05) is 29.4 Å². The third kappa shape index (κ3) is 3.27. The normalized spacial score (nSPS) is 10.4. The Kier molecular flexibility index (Phi) is 4.02. The molecule has 0 aliphatic rings. The Morgan fingerprint density at radius 1 is 1.17 bits per heavy atom. The molecule has 0 saturated heterocycles. The molecule has 0 unspecified atom stereocenters. The summed E-state index contributed by atoms with van der Waals surface area (Å²) >= 11 is 0. The van der Waals surface area contributed by atoms with Crippen molar-refractivity contribution in [2.24, 2.45) is 0 Å². The summed E-state index contributed by atoms with van der Waals surface area (Å²) in [6, 6.07) is 10.6. The van der Waals surface area contributed by atoms with E-state index in [1.807, 2.05) is 6.07 Å². The quantitative estimate of drug-likeness (QED) is 0.566. The van der Waals surface area contributed by atoms with Gasteiger partial charge in [-0.3, -0.25) is 10.1 Å². The fraction of sp³-hybridized carbons (Fsp3) is 0.0625. The van der Waals surface area contributed by atoms with Crippen LogP contribution >= 0.6 is 0 Å². The van der Waals surface area contributed by atoms with E-state index in [1.165, 1.54) is 24.3 Å². The van der Waals surface area contributed by atoms with E-state index in [9.17, 15) is 14.9 Å². The Hall–Kier alpha value is -3.55. The van der Waals surface area contributed by atoms with Crippen LogP contribution in [-0.4, -0.2) is 20.9 Å². The number of anilines is 2. The van der Waals surface area contributed by atoms with Gasteiger partial charge in [0.25, 0.3) is 5.69 Å². The molecule has 2 amide bonds. The van der Waals surface area contributed by atoms with E-state index in [0.717, 1.165) is 5.39 Å². The van der Waals surface area contributed by atoms with Gasteiger partial charge in [0.05, 0.1) is 16.3 Å². The van der Waals surface area contributed by atoms with Crippen LogP contribution in [-0.2, 0) is 0 Å². The number of carbonyl (C=O) groups is 1. The molecule has 2 aromatic heterocycles. The van der Waals surface area contributed by atoms with Gasteiger partial charge >= 0.3 is 6.03 Å². The van der Waals surface area contributed by atoms with E-state index in [1.54, 1.807) is 25.3 Å². The minimum Gasteiger partial charge on any atom is -0.308 e. The Bertz CT molecular complexity index is 925. The predicted molar refractivity (Wildman–Crippen MR) is 90.0 cm³/mol. The van der Waals surface area contributed by atoms with Gasteiger partial charge in [-0.2, -0.15) is 0 Å². The Morgan fingerprint density at radius 3 is 2.62 bits per heavy atom. The number of fused-ring (bicyclic) bond motifs is 1. The summed E-state index contributed by atoms with van der Waals surface area (Å²) in [5.41, 5.74) is 2.22. The highest BCUT2D eigenvalue weighted by Crippen LogP contribution is 2.20. The molecule has 3 rings (SSSR count). The van der Waals surface area contributed by atoms with Crippen molar-refractivity contribution in [1.29, 1.82) is 0 Å². The number of nitrogens with one attached hydrogen (secondary N) is 2. The van der Waals surface area contributed by atoms with Crippen LogP contribution in [0.1, 0.15) is 5.69 Å². The van der Waals surface area contributed by atoms with Gasteiger partial charge < -0.3 is 10.6 Å². The number of hydrogen-bond acceptors (Lipinski definition) is 5. The van der Waals surface area contributed by atoms with Gasteiger partial charge in [0.1, 0.15) is 0 Å². The van der Waals surface area contributed by atoms with Crippen molar-refractivity contribution in [2.45, 2.75) is 6.92 Å². The first-order valence-corrected chi connectivity index (χ1v) is 7.08. The molecule has 2 N–H and O–H groups in total. The molecule has 2 heterocycles. The second-order valence-corrected chi connectivity index (χ2v) is 5.05. The molecule has 120 valence electrons. The second-order valence-electron chi connectivity index (χ2n) is 5.05. The fourth-order valence-electron chi connectivity index (χ4n) is 2.17. The average Bonchev–Trinajstić information content (AvgIpc) is 2.56. The molecule has 1 aromatic carbocycles. The molecule has 3 aromatic rings. The molecular weight excluding hydrogens is 310 g/mol. The van der Waals surface area contributed by atoms with Crippen molar-refractivity contribution >= 4 is 34.1 Å². The topological polar surface area (TPSA) is 110 Å². The number of carbonyl (C=O) groups excluding carboxylic acids is 1. The highest BCUT2D eigenvalue weighted by Gasteiger charge is 2.09. The maximum absolute atomic E-state index is 12.1. The number of hydrogen-bond donors (Lipinski definition) is 2. The number of rotatable bonds is 3. The van der Waals surface area contributed by atoms with E-state index < -0.39 is 11.0 Å². The highest BCUT2D eigenvalue weighted by atomic mass is 16.6. The molecule has 0 saturated carbocycles. The summed E-state index contributed by atoms with van der Waals surface area (Å²) in [6.07, 6.45) is 1.66. The average molecular weight is 323 g/mol. The van der Waals surface area contributed by atoms with Crippen LogP contribution in [0.5, 0.6) is 0 Å². The predicted octanol–water partition coefficient (Wildman–Crippen LogP) is 3.49. The largest absolute Gasteiger partial charge is 0.323 e. The molecule has 0 fully saturated rings. The van der Waals surface area contributed by atoms with Crippen LogP contribution in [0.3, 0.4) is 0 Å². The SMILES string of the molecule is Cc1nc2ncccc2cc1NC(=O)Nc1ccc([N+](=O)[O-])cc1. The summed E-state index contributed by atoms with van der Waals surface area (Å²) in [4.78, 5) is 30.7. The van der Waals surface area contributed by atoms with Crippen LogP contribution in [0.25, 0.3) is 11.0 Å². The van der Waals surface area contributed by atoms with Crippen molar-refractivity contribution in [3.8, 4) is 0 Å². The number of amides is 2. The summed E-state index contributed by atoms with van der Waals surface area (Å²) in [5.74, 6) is 0. The monoisotopic (exact) mass is 323 g/mol. The first-order valence-electron chi connectivity index (χ1n) is 7.08. The number of nitro benzene ring substituents is 1. The van der Waals surface area contributed by atoms with Crippen LogP contribution < -0.4 is 10.6 Å². The van der Waals surface area contributed by atoms with E-state index in [0.29, 0.717) is 22.7 Å². The van der Waals surface area contributed by atoms with Crippen LogP contribution in [0.4, 0.5) is 21.9 Å². The van der Waals surface area contributed by atoms with Crippen molar-refractivity contribution in [3.63, 3.8) is 0 Å². The molecule has 0 aliphatic heterocycles. The number of pyridine rings is 2. The van der Waals surface area contributed by atoms with Gasteiger partial charge in [0.15, 0.2) is 5.65 Å². The molecule has 8 nitrogen and oxygen atoms in total. The molecule has 8 heteroatoms. The number of urea groups is 1. The zero-order valence-corrected chi connectivity index (χ0v) is 12.7. The summed E-state index contributed by atoms with van der Waals surface area (Å²) < 4.78 is 0. The molecule has 0 aliphatic carbocycles. The van der Waals surface area contributed by atoms with Crippen molar-refractivity contribution in [2.75, 3.05) is 10.6 Å². The summed E-state index contributed by atoms with van der Waals surface area (Å²) in [7, 11) is 0. The molecule has 0 bridgehead atoms. The lowest BCUT2D eigenvalue weighted by molar-refractivity contribution is -0.384. The number of non-ortho nitro benzene ring substituents is 1. The van der Waals surface area contributed by atoms with E-state index in [2.05, 4.69) is 20.6 Å². The Labute approximate surface area is 136 Å². The number of aromatic nitrogens is 2. The lowest BCUT2D eigenvalue weighted by Crippen LogP contribution is -2.20. The molecule has 24 heavy (non-hydrogen) atoms. The third-order valence-corrected chi connectivity index (χ3v) is 3.36. The zero-order chi connectivity index (χ0) is 17.1. The van der Waals surface area contributed by atoms with Gasteiger partial charge in [-0.05, 0) is 37.3 Å². The first kappa shape index (κ1) is 15.3. The summed E-state index contributed by atoms with van der Waals surface area (Å²) in [6.45, 7) is 1.77. The molecular formula is C16H13N5O3. The van der Waals surface area contributed by atoms with Crippen LogP contribution in [0, 0.1) is 17.0 Å². The fourth-order valence-corrected chi connectivity index (χ4v) is 2.17. The van der Waals surface area contributed by atoms with E-state index >= 15 is 0 Å². The van der Waals surface area contributed by atoms with Crippen molar-refractivity contribution in [3.05, 3.63) is 64.5 Å². The number of benzene rings is 1. The van der Waals surface area contributed by atoms with Gasteiger partial charge in [-0.25, -0.2) is 14.8 Å². The standard InChI is InChI=1S/C16H13N5O3/c1-10-14(9-11-3-2-8-17-15(11)18-10)20-16(22)19-12-4-6-13(7-5-12)21(23)24/h2-9H,1H3,(H2,19,20,22). The highest BCUT2D eigenvalue weighted by molar-refractivity contribution is 6.01. The van der Waals surface area contributed by atoms with Gasteiger partial charge in [-0.15, -0.1) is 0 Å². The minimum absolute atomic E-state index is 0.0389. The summed E-state index contributed by atoms with van der Waals surface area (Å²) in [5, 5.41) is 16.8. The second kappa shape index (κ2) is 6.29. The number of nitro groups is 1. The van der Waals surface area contributed by atoms with Crippen molar-refractivity contribution in [1.82, 2.24) is 9.97 Å².